The molecule has 41 heavy (non-hydrogen) atoms. The van der Waals surface area contributed by atoms with Gasteiger partial charge >= 0.3 is 0 Å². The normalized spacial score (nSPS) is 11.1. The number of Topliss-reactive ketones (excluding diaryl/α,β-unsaturated/α-hetero) is 1. The van der Waals surface area contributed by atoms with Crippen molar-refractivity contribution in [2.45, 2.75) is 33.3 Å². The van der Waals surface area contributed by atoms with Crippen LogP contribution in [-0.4, -0.2) is 33.9 Å². The Morgan fingerprint density at radius 1 is 1.02 bits per heavy atom. The maximum Gasteiger partial charge on any atom is 0.258 e. The van der Waals surface area contributed by atoms with Crippen molar-refractivity contribution in [2.75, 3.05) is 7.11 Å². The summed E-state index contributed by atoms with van der Waals surface area (Å²) in [7, 11) is 1.54. The molecule has 0 amide bonds. The van der Waals surface area contributed by atoms with Gasteiger partial charge in [-0.2, -0.15) is 0 Å². The molecule has 0 aliphatic heterocycles. The number of methoxy groups -OCH3 is 1. The Kier molecular flexibility index (Phi) is 7.78. The van der Waals surface area contributed by atoms with E-state index < -0.39 is 11.2 Å². The summed E-state index contributed by atoms with van der Waals surface area (Å²) in [6, 6.07) is 16.1. The van der Waals surface area contributed by atoms with Crippen LogP contribution in [0.15, 0.2) is 77.9 Å². The number of halogens is 1. The van der Waals surface area contributed by atoms with Crippen LogP contribution in [0.25, 0.3) is 22.2 Å². The van der Waals surface area contributed by atoms with Gasteiger partial charge in [0.1, 0.15) is 17.1 Å². The Balaban J connectivity index is 1.36. The molecule has 3 heterocycles. The topological polar surface area (TPSA) is 103 Å². The number of nitrogens with one attached hydrogen (secondary N) is 1. The summed E-state index contributed by atoms with van der Waals surface area (Å²) in [5.41, 5.74) is 2.93. The summed E-state index contributed by atoms with van der Waals surface area (Å²) < 4.78 is 30.7. The number of aromatic amines is 1. The van der Waals surface area contributed by atoms with E-state index in [-0.39, 0.29) is 23.9 Å². The quantitative estimate of drug-likeness (QED) is 0.209. The van der Waals surface area contributed by atoms with Crippen LogP contribution in [0.3, 0.4) is 0 Å². The van der Waals surface area contributed by atoms with E-state index in [1.54, 1.807) is 56.6 Å². The first kappa shape index (κ1) is 27.5. The smallest absolute Gasteiger partial charge is 0.258 e. The number of ketones is 1. The molecule has 0 radical (unpaired) electrons. The van der Waals surface area contributed by atoms with Crippen LogP contribution in [0.1, 0.15) is 35.5 Å². The van der Waals surface area contributed by atoms with E-state index in [1.807, 2.05) is 13.8 Å². The maximum absolute atomic E-state index is 13.4. The molecule has 0 atom stereocenters. The average molecular weight is 554 g/mol. The van der Waals surface area contributed by atoms with Crippen LogP contribution in [0, 0.1) is 12.7 Å². The molecule has 0 saturated heterocycles. The van der Waals surface area contributed by atoms with Crippen molar-refractivity contribution < 1.29 is 23.4 Å². The van der Waals surface area contributed by atoms with E-state index in [4.69, 9.17) is 14.2 Å². The molecule has 0 bridgehead atoms. The molecule has 0 fully saturated rings. The number of rotatable bonds is 9. The molecule has 0 aliphatic rings. The van der Waals surface area contributed by atoms with Crippen LogP contribution in [0.5, 0.6) is 23.1 Å². The van der Waals surface area contributed by atoms with Gasteiger partial charge in [0.2, 0.25) is 0 Å². The van der Waals surface area contributed by atoms with Gasteiger partial charge in [-0.05, 0) is 56.2 Å². The third kappa shape index (κ3) is 5.94. The summed E-state index contributed by atoms with van der Waals surface area (Å²) in [6.07, 6.45) is 2.96. The molecule has 0 saturated carbocycles. The number of benzene rings is 2. The third-order valence-electron chi connectivity index (χ3n) is 6.40. The lowest BCUT2D eigenvalue weighted by Crippen LogP contribution is -2.20. The number of fused-ring (bicyclic) bond motifs is 1. The van der Waals surface area contributed by atoms with Crippen molar-refractivity contribution in [3.8, 4) is 34.3 Å². The summed E-state index contributed by atoms with van der Waals surface area (Å²) in [5, 5.41) is 0. The highest BCUT2D eigenvalue weighted by Gasteiger charge is 2.18. The van der Waals surface area contributed by atoms with E-state index in [9.17, 15) is 14.0 Å². The molecule has 9 heteroatoms. The predicted molar refractivity (Wildman–Crippen MR) is 154 cm³/mol. The molecule has 0 aliphatic carbocycles. The lowest BCUT2D eigenvalue weighted by Gasteiger charge is -2.14. The fourth-order valence-electron chi connectivity index (χ4n) is 4.43. The van der Waals surface area contributed by atoms with Gasteiger partial charge in [0.05, 0.1) is 24.3 Å². The molecule has 5 aromatic rings. The number of pyridine rings is 3. The number of H-pyrrole nitrogens is 1. The Morgan fingerprint density at radius 3 is 2.44 bits per heavy atom. The highest BCUT2D eigenvalue weighted by molar-refractivity contribution is 5.98. The van der Waals surface area contributed by atoms with Crippen molar-refractivity contribution >= 4 is 16.8 Å². The zero-order valence-corrected chi connectivity index (χ0v) is 23.0. The Hall–Kier alpha value is -5.05. The van der Waals surface area contributed by atoms with Gasteiger partial charge in [-0.3, -0.25) is 14.6 Å². The zero-order valence-electron chi connectivity index (χ0n) is 23.0. The molecular weight excluding hydrogens is 525 g/mol. The number of carbonyl (C=O) groups excluding carboxylic acids is 1. The zero-order chi connectivity index (χ0) is 29.1. The highest BCUT2D eigenvalue weighted by atomic mass is 19.1. The predicted octanol–water partition coefficient (Wildman–Crippen LogP) is 6.45. The van der Waals surface area contributed by atoms with Crippen molar-refractivity contribution in [1.82, 2.24) is 15.0 Å². The van der Waals surface area contributed by atoms with Gasteiger partial charge < -0.3 is 19.2 Å². The van der Waals surface area contributed by atoms with Gasteiger partial charge in [0.25, 0.3) is 5.88 Å². The number of aromatic nitrogens is 3. The second kappa shape index (κ2) is 11.6. The Morgan fingerprint density at radius 2 is 1.76 bits per heavy atom. The molecule has 0 unspecified atom stereocenters. The first-order valence-electron chi connectivity index (χ1n) is 13.0. The summed E-state index contributed by atoms with van der Waals surface area (Å²) in [5.74, 6) is 1.09. The Labute approximate surface area is 235 Å². The second-order valence-corrected chi connectivity index (χ2v) is 9.72. The molecule has 1 N–H and O–H groups in total. The minimum Gasteiger partial charge on any atom is -0.491 e. The van der Waals surface area contributed by atoms with Crippen molar-refractivity contribution in [3.05, 3.63) is 106 Å². The van der Waals surface area contributed by atoms with Crippen LogP contribution in [0.4, 0.5) is 4.39 Å². The molecule has 5 rings (SSSR count). The largest absolute Gasteiger partial charge is 0.491 e. The first-order chi connectivity index (χ1) is 19.7. The molecule has 0 spiro atoms. The van der Waals surface area contributed by atoms with Crippen LogP contribution in [0.2, 0.25) is 0 Å². The average Bonchev–Trinajstić information content (AvgIpc) is 2.94. The number of nitrogens with zero attached hydrogens (tertiary/aromatic N) is 2. The molecule has 3 aromatic heterocycles. The number of hydrogen-bond donors (Lipinski definition) is 1. The summed E-state index contributed by atoms with van der Waals surface area (Å²) in [4.78, 5) is 38.3. The van der Waals surface area contributed by atoms with Gasteiger partial charge in [0.15, 0.2) is 22.7 Å². The van der Waals surface area contributed by atoms with Crippen LogP contribution in [-0.2, 0) is 6.42 Å². The maximum atomic E-state index is 13.4. The number of carbonyl (C=O) groups is 1. The van der Waals surface area contributed by atoms with Crippen LogP contribution >= 0.6 is 0 Å². The van der Waals surface area contributed by atoms with Crippen molar-refractivity contribution in [2.24, 2.45) is 0 Å². The fraction of sp³-hybridized carbons (Fsp3) is 0.188. The van der Waals surface area contributed by atoms with E-state index in [1.165, 1.54) is 30.5 Å². The van der Waals surface area contributed by atoms with E-state index in [2.05, 4.69) is 15.0 Å². The second-order valence-electron chi connectivity index (χ2n) is 9.72. The minimum atomic E-state index is -0.402. The standard InChI is InChI=1S/C32H28FN3O5/c1-18(2)40-32-28(39-4)16-25-30(36-32)27(13-14-34-25)41-23-11-5-20(6-12-23)15-26(37)24-17-35-19(3)29(31(24)38)21-7-9-22(33)10-8-21/h5-14,16-18H,15H2,1-4H3,(H,35,38). The number of ether oxygens (including phenoxy) is 3. The lowest BCUT2D eigenvalue weighted by molar-refractivity contribution is 0.0991. The van der Waals surface area contributed by atoms with Gasteiger partial charge in [-0.15, -0.1) is 0 Å². The molecule has 2 aromatic carbocycles. The summed E-state index contributed by atoms with van der Waals surface area (Å²) >= 11 is 0. The van der Waals surface area contributed by atoms with E-state index >= 15 is 0 Å². The highest BCUT2D eigenvalue weighted by Crippen LogP contribution is 2.34. The molecule has 8 nitrogen and oxygen atoms in total. The van der Waals surface area contributed by atoms with E-state index in [0.29, 0.717) is 56.5 Å². The number of aryl methyl sites for hydroxylation is 1. The first-order valence-corrected chi connectivity index (χ1v) is 13.0. The van der Waals surface area contributed by atoms with E-state index in [0.717, 1.165) is 0 Å². The van der Waals surface area contributed by atoms with Gasteiger partial charge in [-0.1, -0.05) is 24.3 Å². The molecule has 208 valence electrons. The Bertz CT molecular complexity index is 1780. The monoisotopic (exact) mass is 553 g/mol. The fourth-order valence-corrected chi connectivity index (χ4v) is 4.43. The van der Waals surface area contributed by atoms with Crippen molar-refractivity contribution in [1.29, 1.82) is 0 Å². The third-order valence-corrected chi connectivity index (χ3v) is 6.40. The van der Waals surface area contributed by atoms with Gasteiger partial charge in [-0.25, -0.2) is 9.37 Å². The molecular formula is C32H28FN3O5. The minimum absolute atomic E-state index is 0.0186. The number of hydrogen-bond acceptors (Lipinski definition) is 7. The van der Waals surface area contributed by atoms with Crippen molar-refractivity contribution in [3.63, 3.8) is 0 Å². The summed E-state index contributed by atoms with van der Waals surface area (Å²) in [6.45, 7) is 5.54. The lowest BCUT2D eigenvalue weighted by atomic mass is 9.98. The van der Waals surface area contributed by atoms with Crippen LogP contribution < -0.4 is 19.6 Å². The SMILES string of the molecule is COc1cc2nccc(Oc3ccc(CC(=O)c4c[nH]c(C)c(-c5ccc(F)cc5)c4=O)cc3)c2nc1OC(C)C. The van der Waals surface area contributed by atoms with Gasteiger partial charge in [0, 0.05) is 42.2 Å².